The highest BCUT2D eigenvalue weighted by Crippen LogP contribution is 2.37. The number of Topliss-reactive ketones (excluding diaryl/α,β-unsaturated/α-hetero) is 4. The second-order valence-electron chi connectivity index (χ2n) is 21.8. The van der Waals surface area contributed by atoms with E-state index < -0.39 is 0 Å². The normalized spacial score (nSPS) is 17.4. The molecule has 0 radical (unpaired) electrons. The van der Waals surface area contributed by atoms with Gasteiger partial charge in [-0.1, -0.05) is 234 Å². The van der Waals surface area contributed by atoms with Crippen LogP contribution in [0.1, 0.15) is 219 Å². The molecule has 3 unspecified atom stereocenters. The lowest BCUT2D eigenvalue weighted by molar-refractivity contribution is -0.128. The smallest absolute Gasteiger partial charge is 0.147 e. The molecule has 7 rings (SSSR count). The van der Waals surface area contributed by atoms with Crippen molar-refractivity contribution >= 4 is 23.1 Å². The van der Waals surface area contributed by atoms with E-state index in [4.69, 9.17) is 0 Å². The zero-order chi connectivity index (χ0) is 55.4. The summed E-state index contributed by atoms with van der Waals surface area (Å²) < 4.78 is 13.9. The van der Waals surface area contributed by atoms with E-state index in [1.165, 1.54) is 30.4 Å². The van der Waals surface area contributed by atoms with Crippen LogP contribution in [0.4, 0.5) is 4.39 Å². The van der Waals surface area contributed by atoms with Crippen molar-refractivity contribution in [2.75, 3.05) is 0 Å². The first kappa shape index (κ1) is 65.5. The standard InChI is InChI=1S/C52H59FO3.C10H12O.C6H14.C3H8.CH4.2H2/c1-4-5-16-49(43-12-7-6-8-13-43)52(56)46-15-10-14-45(35-46)50(54)33-25-39-20-18-38(19-21-39)22-28-44(42-29-31-47(53)32-30-42)34-40-23-26-41(27-24-40)37(3)51(55)48-17-9-11-36(48)2;1-8(9(2)11)10-6-4-3-5-7-10;1-4-6(3)5-2;1-3-2;;;/h5-8,12-13,16,18-21,23-24,26-27,29-32,37,44-46,48-49H,2,4,9-11,14-15,17,22,25,28,33-35H2,1,3H3;3-8H,1-2H3;6H,4-5H2,1-3H3;3H2,1-2H3;1H4;2*1H/b16-5-;;;;;;/t37?,44?,45-,46?,48-,49-;8-;;;;;/m10...../s1. The van der Waals surface area contributed by atoms with E-state index in [1.54, 1.807) is 19.1 Å². The fraction of sp³-hybridized carbons (Fsp3) is 0.472. The van der Waals surface area contributed by atoms with Gasteiger partial charge in [-0.15, -0.1) is 0 Å². The fourth-order valence-electron chi connectivity index (χ4n) is 10.3. The molecule has 5 aromatic carbocycles. The highest BCUT2D eigenvalue weighted by Gasteiger charge is 2.34. The number of carbonyl (C=O) groups excluding carboxylic acids is 4. The third-order valence-corrected chi connectivity index (χ3v) is 15.9. The van der Waals surface area contributed by atoms with Gasteiger partial charge in [0.15, 0.2) is 0 Å². The summed E-state index contributed by atoms with van der Waals surface area (Å²) >= 11 is 0. The van der Waals surface area contributed by atoms with Crippen molar-refractivity contribution in [3.63, 3.8) is 0 Å². The van der Waals surface area contributed by atoms with Gasteiger partial charge in [-0.25, -0.2) is 4.39 Å². The van der Waals surface area contributed by atoms with Gasteiger partial charge in [-0.3, -0.25) is 19.2 Å². The summed E-state index contributed by atoms with van der Waals surface area (Å²) in [7, 11) is 0. The Kier molecular flexibility index (Phi) is 30.2. The highest BCUT2D eigenvalue weighted by molar-refractivity contribution is 5.91. The molecule has 2 saturated carbocycles. The topological polar surface area (TPSA) is 68.3 Å². The lowest BCUT2D eigenvalue weighted by Gasteiger charge is -2.29. The Balaban J connectivity index is 0.00000115. The SMILES string of the molecule is C.C=C1CCC[C@H]1C(=O)C(C)c1ccc(CC(CCc2ccc(CCC(=O)[C@@H]3CCCC(C(=O)[C@H](/C=C\CC)c4ccccc4)C3)cc2)c2ccc(F)cc2)cc1.CC(=O)[C@H](C)c1ccccc1.CCC.CCC(C)CC.[HH].[HH]. The Morgan fingerprint density at radius 3 is 1.66 bits per heavy atom. The maximum absolute atomic E-state index is 13.9. The van der Waals surface area contributed by atoms with Gasteiger partial charge < -0.3 is 0 Å². The summed E-state index contributed by atoms with van der Waals surface area (Å²) in [5.41, 5.74) is 8.96. The van der Waals surface area contributed by atoms with Crippen molar-refractivity contribution in [1.82, 2.24) is 0 Å². The Labute approximate surface area is 469 Å². The van der Waals surface area contributed by atoms with Gasteiger partial charge in [0.25, 0.3) is 0 Å². The molecule has 2 fully saturated rings. The van der Waals surface area contributed by atoms with Crippen molar-refractivity contribution in [1.29, 1.82) is 0 Å². The number of halogens is 1. The van der Waals surface area contributed by atoms with Gasteiger partial charge in [-0.2, -0.15) is 0 Å². The van der Waals surface area contributed by atoms with Crippen LogP contribution in [-0.2, 0) is 38.4 Å². The lowest BCUT2D eigenvalue weighted by Crippen LogP contribution is -2.30. The Morgan fingerprint density at radius 1 is 0.623 bits per heavy atom. The fourth-order valence-corrected chi connectivity index (χ4v) is 10.3. The second kappa shape index (κ2) is 35.6. The van der Waals surface area contributed by atoms with Gasteiger partial charge >= 0.3 is 0 Å². The molecule has 0 bridgehead atoms. The molecule has 0 aromatic heterocycles. The first-order valence-corrected chi connectivity index (χ1v) is 29.1. The van der Waals surface area contributed by atoms with Crippen LogP contribution >= 0.6 is 0 Å². The third kappa shape index (κ3) is 21.9. The van der Waals surface area contributed by atoms with Gasteiger partial charge in [0, 0.05) is 38.9 Å². The lowest BCUT2D eigenvalue weighted by atomic mass is 9.73. The molecular weight excluding hydrogens is 948 g/mol. The second-order valence-corrected chi connectivity index (χ2v) is 21.8. The van der Waals surface area contributed by atoms with E-state index in [2.05, 4.69) is 109 Å². The molecule has 0 heterocycles. The summed E-state index contributed by atoms with van der Waals surface area (Å²) in [5.74, 6) is 1.43. The largest absolute Gasteiger partial charge is 0.299 e. The van der Waals surface area contributed by atoms with Crippen LogP contribution in [0.5, 0.6) is 0 Å². The molecule has 0 amide bonds. The summed E-state index contributed by atoms with van der Waals surface area (Å²) in [5, 5.41) is 0. The average Bonchev–Trinajstić information content (AvgIpc) is 3.90. The van der Waals surface area contributed by atoms with Crippen LogP contribution in [0.2, 0.25) is 0 Å². The molecule has 2 aliphatic carbocycles. The first-order chi connectivity index (χ1) is 36.6. The summed E-state index contributed by atoms with van der Waals surface area (Å²) in [4.78, 5) is 51.4. The molecular formula is C72H101FO4. The van der Waals surface area contributed by atoms with Crippen molar-refractivity contribution in [3.8, 4) is 0 Å². The molecule has 77 heavy (non-hydrogen) atoms. The number of hydrogen-bond acceptors (Lipinski definition) is 4. The van der Waals surface area contributed by atoms with Gasteiger partial charge in [0.1, 0.15) is 29.0 Å². The Morgan fingerprint density at radius 2 is 1.14 bits per heavy atom. The number of aryl methyl sites for hydroxylation is 2. The molecule has 0 saturated heterocycles. The predicted octanol–water partition coefficient (Wildman–Crippen LogP) is 19.8. The van der Waals surface area contributed by atoms with Gasteiger partial charge in [-0.05, 0) is 140 Å². The summed E-state index contributed by atoms with van der Waals surface area (Å²) in [6.07, 6.45) is 19.0. The number of rotatable bonds is 22. The van der Waals surface area contributed by atoms with Crippen molar-refractivity contribution < 1.29 is 26.4 Å². The van der Waals surface area contributed by atoms with Crippen LogP contribution in [0.3, 0.4) is 0 Å². The van der Waals surface area contributed by atoms with E-state index in [9.17, 15) is 23.6 Å². The van der Waals surface area contributed by atoms with Crippen molar-refractivity contribution in [3.05, 3.63) is 203 Å². The molecule has 0 N–H and O–H groups in total. The van der Waals surface area contributed by atoms with Gasteiger partial charge in [0.2, 0.25) is 0 Å². The average molecular weight is 1050 g/mol. The van der Waals surface area contributed by atoms with E-state index in [-0.39, 0.29) is 80.7 Å². The Hall–Kier alpha value is -5.81. The number of hydrogen-bond donors (Lipinski definition) is 0. The van der Waals surface area contributed by atoms with Crippen LogP contribution in [-0.4, -0.2) is 23.1 Å². The third-order valence-electron chi connectivity index (χ3n) is 15.9. The van der Waals surface area contributed by atoms with Crippen LogP contribution in [0, 0.1) is 29.5 Å². The number of allylic oxidation sites excluding steroid dienone is 3. The van der Waals surface area contributed by atoms with Crippen molar-refractivity contribution in [2.45, 2.75) is 196 Å². The van der Waals surface area contributed by atoms with Crippen LogP contribution < -0.4 is 0 Å². The molecule has 420 valence electrons. The maximum Gasteiger partial charge on any atom is 0.147 e. The minimum Gasteiger partial charge on any atom is -0.299 e. The molecule has 7 atom stereocenters. The monoisotopic (exact) mass is 1050 g/mol. The molecule has 5 aromatic rings. The zero-order valence-electron chi connectivity index (χ0n) is 48.0. The maximum atomic E-state index is 13.9. The predicted molar refractivity (Wildman–Crippen MR) is 329 cm³/mol. The zero-order valence-corrected chi connectivity index (χ0v) is 48.0. The van der Waals surface area contributed by atoms with E-state index in [0.29, 0.717) is 19.3 Å². The molecule has 0 spiro atoms. The van der Waals surface area contributed by atoms with E-state index >= 15 is 0 Å². The van der Waals surface area contributed by atoms with E-state index in [1.807, 2.05) is 86.6 Å². The van der Waals surface area contributed by atoms with E-state index in [0.717, 1.165) is 104 Å². The summed E-state index contributed by atoms with van der Waals surface area (Å²) in [6, 6.07) is 43.9. The number of benzene rings is 5. The summed E-state index contributed by atoms with van der Waals surface area (Å²) in [6.45, 7) is 22.8. The van der Waals surface area contributed by atoms with Crippen LogP contribution in [0.15, 0.2) is 158 Å². The number of ketones is 4. The molecule has 5 heteroatoms. The van der Waals surface area contributed by atoms with Crippen molar-refractivity contribution in [2.24, 2.45) is 23.7 Å². The first-order valence-electron chi connectivity index (χ1n) is 29.1. The van der Waals surface area contributed by atoms with Gasteiger partial charge in [0.05, 0.1) is 5.92 Å². The Bertz CT molecular complexity index is 2520. The molecule has 0 aliphatic heterocycles. The highest BCUT2D eigenvalue weighted by atomic mass is 19.1. The molecule has 4 nitrogen and oxygen atoms in total. The minimum atomic E-state index is -0.250. The quantitative estimate of drug-likeness (QED) is 0.0648. The molecule has 2 aliphatic rings. The minimum absolute atomic E-state index is 0. The van der Waals surface area contributed by atoms with Crippen LogP contribution in [0.25, 0.3) is 0 Å². The number of carbonyl (C=O) groups is 4.